The molecule has 0 fully saturated rings. The highest BCUT2D eigenvalue weighted by atomic mass is 79.9. The minimum atomic E-state index is -0.443. The van der Waals surface area contributed by atoms with Crippen molar-refractivity contribution in [2.24, 2.45) is 0 Å². The van der Waals surface area contributed by atoms with Crippen molar-refractivity contribution < 1.29 is 13.9 Å². The van der Waals surface area contributed by atoms with Crippen LogP contribution in [0.3, 0.4) is 0 Å². The van der Waals surface area contributed by atoms with Gasteiger partial charge in [-0.2, -0.15) is 5.26 Å². The Balaban J connectivity index is 1.92. The van der Waals surface area contributed by atoms with Gasteiger partial charge in [-0.3, -0.25) is 0 Å². The van der Waals surface area contributed by atoms with Crippen LogP contribution in [-0.4, -0.2) is 7.11 Å². The molecule has 0 saturated carbocycles. The number of methoxy groups -OCH3 is 1. The van der Waals surface area contributed by atoms with Crippen LogP contribution in [0.1, 0.15) is 22.3 Å². The van der Waals surface area contributed by atoms with Crippen LogP contribution < -0.4 is 9.47 Å². The number of rotatable bonds is 6. The lowest BCUT2D eigenvalue weighted by molar-refractivity contribution is 0.284. The van der Waals surface area contributed by atoms with Crippen molar-refractivity contribution in [1.82, 2.24) is 0 Å². The molecule has 0 heterocycles. The van der Waals surface area contributed by atoms with Gasteiger partial charge < -0.3 is 9.47 Å². The van der Waals surface area contributed by atoms with Gasteiger partial charge in [0, 0.05) is 10.0 Å². The first-order valence-corrected chi connectivity index (χ1v) is 9.73. The summed E-state index contributed by atoms with van der Waals surface area (Å²) in [5.41, 5.74) is 3.37. The first-order valence-electron chi connectivity index (χ1n) is 8.94. The number of halogens is 2. The summed E-state index contributed by atoms with van der Waals surface area (Å²) in [5, 5.41) is 9.51. The molecule has 29 heavy (non-hydrogen) atoms. The maximum absolute atomic E-state index is 14.1. The molecule has 0 unspecified atom stereocenters. The van der Waals surface area contributed by atoms with Gasteiger partial charge >= 0.3 is 0 Å². The van der Waals surface area contributed by atoms with Gasteiger partial charge in [0.05, 0.1) is 18.8 Å². The van der Waals surface area contributed by atoms with Crippen molar-refractivity contribution >= 4 is 27.6 Å². The summed E-state index contributed by atoms with van der Waals surface area (Å²) >= 11 is 3.51. The molecule has 0 spiro atoms. The van der Waals surface area contributed by atoms with E-state index in [1.807, 2.05) is 25.1 Å². The highest BCUT2D eigenvalue weighted by Crippen LogP contribution is 2.36. The van der Waals surface area contributed by atoms with Crippen molar-refractivity contribution in [3.8, 4) is 17.6 Å². The molecule has 0 atom stereocenters. The van der Waals surface area contributed by atoms with E-state index in [-0.39, 0.29) is 11.1 Å². The van der Waals surface area contributed by atoms with E-state index in [4.69, 9.17) is 9.47 Å². The van der Waals surface area contributed by atoms with Crippen molar-refractivity contribution in [2.75, 3.05) is 7.11 Å². The van der Waals surface area contributed by atoms with Gasteiger partial charge in [0.1, 0.15) is 12.4 Å². The van der Waals surface area contributed by atoms with E-state index in [1.54, 1.807) is 43.5 Å². The molecular weight excluding hydrogens is 433 g/mol. The molecular formula is C24H19BrFNO2. The summed E-state index contributed by atoms with van der Waals surface area (Å²) in [5.74, 6) is 0.654. The molecule has 5 heteroatoms. The van der Waals surface area contributed by atoms with Gasteiger partial charge in [0.25, 0.3) is 0 Å². The molecule has 0 N–H and O–H groups in total. The smallest absolute Gasteiger partial charge is 0.162 e. The average Bonchev–Trinajstić information content (AvgIpc) is 2.72. The molecule has 3 nitrogen and oxygen atoms in total. The molecule has 3 rings (SSSR count). The quantitative estimate of drug-likeness (QED) is 0.315. The van der Waals surface area contributed by atoms with E-state index in [9.17, 15) is 9.65 Å². The second-order valence-electron chi connectivity index (χ2n) is 6.45. The standard InChI is InChI=1S/C24H19BrFNO2/c1-16-6-5-7-17(10-16)15-29-24-13-21(25)18(12-23(24)28-2)11-19(14-27)20-8-3-4-9-22(20)26/h3-13H,15H2,1-2H3/b19-11-. The number of hydrogen-bond acceptors (Lipinski definition) is 3. The topological polar surface area (TPSA) is 42.2 Å². The second kappa shape index (κ2) is 9.40. The molecule has 3 aromatic carbocycles. The van der Waals surface area contributed by atoms with Crippen LogP contribution in [0.25, 0.3) is 11.6 Å². The van der Waals surface area contributed by atoms with Gasteiger partial charge in [-0.15, -0.1) is 0 Å². The van der Waals surface area contributed by atoms with Crippen molar-refractivity contribution in [2.45, 2.75) is 13.5 Å². The van der Waals surface area contributed by atoms with Gasteiger partial charge in [-0.25, -0.2) is 4.39 Å². The molecule has 146 valence electrons. The summed E-state index contributed by atoms with van der Waals surface area (Å²) in [6.45, 7) is 2.43. The molecule has 0 amide bonds. The lowest BCUT2D eigenvalue weighted by atomic mass is 10.0. The molecule has 0 radical (unpaired) electrons. The highest BCUT2D eigenvalue weighted by molar-refractivity contribution is 9.10. The largest absolute Gasteiger partial charge is 0.493 e. The van der Waals surface area contributed by atoms with Crippen LogP contribution in [0, 0.1) is 24.1 Å². The summed E-state index contributed by atoms with van der Waals surface area (Å²) in [6, 6.07) is 19.9. The summed E-state index contributed by atoms with van der Waals surface area (Å²) in [4.78, 5) is 0. The lowest BCUT2D eigenvalue weighted by Gasteiger charge is -2.13. The Kier molecular flexibility index (Phi) is 6.69. The van der Waals surface area contributed by atoms with Crippen LogP contribution >= 0.6 is 15.9 Å². The van der Waals surface area contributed by atoms with E-state index in [1.165, 1.54) is 6.07 Å². The Labute approximate surface area is 178 Å². The zero-order valence-electron chi connectivity index (χ0n) is 16.1. The predicted octanol–water partition coefficient (Wildman–Crippen LogP) is 6.55. The Bertz CT molecular complexity index is 1100. The number of benzene rings is 3. The molecule has 0 aromatic heterocycles. The summed E-state index contributed by atoms with van der Waals surface area (Å²) in [7, 11) is 1.55. The number of aryl methyl sites for hydroxylation is 1. The van der Waals surface area contributed by atoms with E-state index in [0.717, 1.165) is 11.1 Å². The Morgan fingerprint density at radius 2 is 1.90 bits per heavy atom. The van der Waals surface area contributed by atoms with Gasteiger partial charge in [-0.1, -0.05) is 64.0 Å². The number of hydrogen-bond donors (Lipinski definition) is 0. The molecule has 3 aromatic rings. The number of ether oxygens (including phenoxy) is 2. The molecule has 0 aliphatic heterocycles. The van der Waals surface area contributed by atoms with E-state index >= 15 is 0 Å². The van der Waals surface area contributed by atoms with Crippen molar-refractivity contribution in [3.63, 3.8) is 0 Å². The van der Waals surface area contributed by atoms with E-state index < -0.39 is 5.82 Å². The number of nitriles is 1. The Hall–Kier alpha value is -3.10. The second-order valence-corrected chi connectivity index (χ2v) is 7.31. The van der Waals surface area contributed by atoms with Crippen molar-refractivity contribution in [1.29, 1.82) is 5.26 Å². The SMILES string of the molecule is COc1cc(/C=C(/C#N)c2ccccc2F)c(Br)cc1OCc1cccc(C)c1. The molecule has 0 aliphatic carbocycles. The van der Waals surface area contributed by atoms with Gasteiger partial charge in [0.2, 0.25) is 0 Å². The monoisotopic (exact) mass is 451 g/mol. The Morgan fingerprint density at radius 1 is 1.10 bits per heavy atom. The van der Waals surface area contributed by atoms with Crippen LogP contribution in [-0.2, 0) is 6.61 Å². The van der Waals surface area contributed by atoms with E-state index in [0.29, 0.717) is 28.1 Å². The third kappa shape index (κ3) is 5.04. The summed E-state index contributed by atoms with van der Waals surface area (Å²) < 4.78 is 26.2. The molecule has 0 saturated heterocycles. The fourth-order valence-electron chi connectivity index (χ4n) is 2.90. The maximum Gasteiger partial charge on any atom is 0.162 e. The normalized spacial score (nSPS) is 11.1. The van der Waals surface area contributed by atoms with Gasteiger partial charge in [0.15, 0.2) is 11.5 Å². The Morgan fingerprint density at radius 3 is 2.59 bits per heavy atom. The third-order valence-electron chi connectivity index (χ3n) is 4.34. The lowest BCUT2D eigenvalue weighted by Crippen LogP contribution is -1.99. The minimum absolute atomic E-state index is 0.222. The molecule has 0 aliphatic rings. The first kappa shape index (κ1) is 20.6. The fourth-order valence-corrected chi connectivity index (χ4v) is 3.34. The first-order chi connectivity index (χ1) is 14.0. The highest BCUT2D eigenvalue weighted by Gasteiger charge is 2.12. The predicted molar refractivity (Wildman–Crippen MR) is 116 cm³/mol. The van der Waals surface area contributed by atoms with Crippen LogP contribution in [0.5, 0.6) is 11.5 Å². The van der Waals surface area contributed by atoms with Crippen molar-refractivity contribution in [3.05, 3.63) is 93.2 Å². The summed E-state index contributed by atoms with van der Waals surface area (Å²) in [6.07, 6.45) is 1.62. The maximum atomic E-state index is 14.1. The van der Waals surface area contributed by atoms with Crippen LogP contribution in [0.2, 0.25) is 0 Å². The van der Waals surface area contributed by atoms with Crippen LogP contribution in [0.4, 0.5) is 4.39 Å². The molecule has 0 bridgehead atoms. The van der Waals surface area contributed by atoms with E-state index in [2.05, 4.69) is 28.1 Å². The fraction of sp³-hybridized carbons (Fsp3) is 0.125. The number of nitrogens with zero attached hydrogens (tertiary/aromatic N) is 1. The zero-order chi connectivity index (χ0) is 20.8. The van der Waals surface area contributed by atoms with Crippen LogP contribution in [0.15, 0.2) is 65.1 Å². The zero-order valence-corrected chi connectivity index (χ0v) is 17.7. The van der Waals surface area contributed by atoms with Gasteiger partial charge in [-0.05, 0) is 42.3 Å². The minimum Gasteiger partial charge on any atom is -0.493 e. The third-order valence-corrected chi connectivity index (χ3v) is 5.03. The number of allylic oxidation sites excluding steroid dienone is 1. The average molecular weight is 452 g/mol.